The van der Waals surface area contributed by atoms with Gasteiger partial charge in [0.15, 0.2) is 0 Å². The predicted octanol–water partition coefficient (Wildman–Crippen LogP) is 4.06. The van der Waals surface area contributed by atoms with E-state index in [0.29, 0.717) is 6.42 Å². The highest BCUT2D eigenvalue weighted by atomic mass is 16.5. The zero-order valence-electron chi connectivity index (χ0n) is 16.1. The maximum Gasteiger partial charge on any atom is 0.303 e. The second-order valence-corrected chi connectivity index (χ2v) is 8.57. The maximum atomic E-state index is 10.9. The van der Waals surface area contributed by atoms with E-state index in [9.17, 15) is 9.90 Å². The highest BCUT2D eigenvalue weighted by Gasteiger charge is 2.28. The number of hydrogen-bond donors (Lipinski definition) is 2. The SMILES string of the molecule is CC(O)COc1c(C(C)(C)C)cc(CCC(=O)O)cc1C(C)(C)C. The number of aliphatic carboxylic acids is 1. The van der Waals surface area contributed by atoms with E-state index in [4.69, 9.17) is 9.84 Å². The quantitative estimate of drug-likeness (QED) is 0.822. The molecule has 0 heterocycles. The van der Waals surface area contributed by atoms with Gasteiger partial charge >= 0.3 is 5.97 Å². The van der Waals surface area contributed by atoms with Gasteiger partial charge in [-0.25, -0.2) is 0 Å². The summed E-state index contributed by atoms with van der Waals surface area (Å²) in [5.74, 6) is 0.0222. The van der Waals surface area contributed by atoms with E-state index < -0.39 is 12.1 Å². The maximum absolute atomic E-state index is 10.9. The molecule has 1 aromatic rings. The molecule has 0 fully saturated rings. The number of hydrogen-bond acceptors (Lipinski definition) is 3. The molecular formula is C20H32O4. The van der Waals surface area contributed by atoms with Crippen LogP contribution in [0.2, 0.25) is 0 Å². The van der Waals surface area contributed by atoms with Gasteiger partial charge in [-0.15, -0.1) is 0 Å². The van der Waals surface area contributed by atoms with Crippen LogP contribution in [0.5, 0.6) is 5.75 Å². The van der Waals surface area contributed by atoms with Crippen molar-refractivity contribution in [2.45, 2.75) is 78.2 Å². The molecule has 0 aliphatic carbocycles. The number of benzene rings is 1. The average molecular weight is 336 g/mol. The lowest BCUT2D eigenvalue weighted by Crippen LogP contribution is -2.23. The van der Waals surface area contributed by atoms with Crippen molar-refractivity contribution in [3.63, 3.8) is 0 Å². The minimum atomic E-state index is -0.793. The molecule has 0 saturated carbocycles. The summed E-state index contributed by atoms with van der Waals surface area (Å²) in [5.41, 5.74) is 2.82. The van der Waals surface area contributed by atoms with E-state index in [-0.39, 0.29) is 23.9 Å². The van der Waals surface area contributed by atoms with Crippen LogP contribution >= 0.6 is 0 Å². The number of aliphatic hydroxyl groups is 1. The molecule has 1 atom stereocenters. The summed E-state index contributed by atoms with van der Waals surface area (Å²) < 4.78 is 6.00. The number of aryl methyl sites for hydroxylation is 1. The van der Waals surface area contributed by atoms with E-state index in [2.05, 4.69) is 53.7 Å². The van der Waals surface area contributed by atoms with Gasteiger partial charge in [0.05, 0.1) is 6.10 Å². The Morgan fingerprint density at radius 2 is 1.54 bits per heavy atom. The number of carboxylic acids is 1. The third-order valence-corrected chi connectivity index (χ3v) is 3.86. The third-order valence-electron chi connectivity index (χ3n) is 3.86. The van der Waals surface area contributed by atoms with Crippen LogP contribution in [0.15, 0.2) is 12.1 Å². The smallest absolute Gasteiger partial charge is 0.303 e. The summed E-state index contributed by atoms with van der Waals surface area (Å²) in [5, 5.41) is 18.6. The van der Waals surface area contributed by atoms with Crippen LogP contribution in [0.4, 0.5) is 0 Å². The van der Waals surface area contributed by atoms with Crippen molar-refractivity contribution in [1.29, 1.82) is 0 Å². The van der Waals surface area contributed by atoms with Gasteiger partial charge in [0.25, 0.3) is 0 Å². The Bertz CT molecular complexity index is 539. The van der Waals surface area contributed by atoms with E-state index in [1.807, 2.05) is 0 Å². The number of rotatable bonds is 6. The molecule has 2 N–H and O–H groups in total. The molecule has 1 aromatic carbocycles. The lowest BCUT2D eigenvalue weighted by atomic mass is 9.78. The lowest BCUT2D eigenvalue weighted by molar-refractivity contribution is -0.136. The molecule has 1 rings (SSSR count). The third kappa shape index (κ3) is 5.82. The first-order valence-electron chi connectivity index (χ1n) is 8.53. The number of aliphatic hydroxyl groups excluding tert-OH is 1. The fraction of sp³-hybridized carbons (Fsp3) is 0.650. The largest absolute Gasteiger partial charge is 0.490 e. The van der Waals surface area contributed by atoms with Gasteiger partial charge in [0, 0.05) is 17.5 Å². The Morgan fingerprint density at radius 1 is 1.08 bits per heavy atom. The molecule has 0 bridgehead atoms. The summed E-state index contributed by atoms with van der Waals surface area (Å²) >= 11 is 0. The molecule has 0 radical (unpaired) electrons. The minimum absolute atomic E-state index is 0.112. The van der Waals surface area contributed by atoms with Gasteiger partial charge in [-0.05, 0) is 29.7 Å². The Kier molecular flexibility index (Phi) is 6.45. The zero-order chi connectivity index (χ0) is 18.7. The van der Waals surface area contributed by atoms with Crippen molar-refractivity contribution in [3.05, 3.63) is 28.8 Å². The lowest BCUT2D eigenvalue weighted by Gasteiger charge is -2.31. The van der Waals surface area contributed by atoms with E-state index in [0.717, 1.165) is 22.4 Å². The first kappa shape index (κ1) is 20.5. The van der Waals surface area contributed by atoms with Crippen molar-refractivity contribution in [3.8, 4) is 5.75 Å². The normalized spacial score (nSPS) is 13.7. The van der Waals surface area contributed by atoms with Gasteiger partial charge in [-0.1, -0.05) is 53.7 Å². The fourth-order valence-electron chi connectivity index (χ4n) is 2.56. The van der Waals surface area contributed by atoms with Gasteiger partial charge in [-0.3, -0.25) is 4.79 Å². The molecule has 4 heteroatoms. The summed E-state index contributed by atoms with van der Waals surface area (Å²) in [6, 6.07) is 4.10. The highest BCUT2D eigenvalue weighted by Crippen LogP contribution is 2.41. The van der Waals surface area contributed by atoms with E-state index >= 15 is 0 Å². The van der Waals surface area contributed by atoms with Gasteiger partial charge in [0.1, 0.15) is 12.4 Å². The Morgan fingerprint density at radius 3 is 1.88 bits per heavy atom. The van der Waals surface area contributed by atoms with E-state index in [1.54, 1.807) is 6.92 Å². The van der Waals surface area contributed by atoms with Crippen LogP contribution in [-0.2, 0) is 22.0 Å². The zero-order valence-corrected chi connectivity index (χ0v) is 16.1. The molecule has 1 unspecified atom stereocenters. The Hall–Kier alpha value is -1.55. The van der Waals surface area contributed by atoms with Crippen LogP contribution in [0, 0.1) is 0 Å². The average Bonchev–Trinajstić information content (AvgIpc) is 2.40. The van der Waals surface area contributed by atoms with Crippen LogP contribution in [-0.4, -0.2) is 28.9 Å². The van der Waals surface area contributed by atoms with Crippen molar-refractivity contribution in [2.24, 2.45) is 0 Å². The molecule has 136 valence electrons. The summed E-state index contributed by atoms with van der Waals surface area (Å²) in [7, 11) is 0. The number of ether oxygens (including phenoxy) is 1. The summed E-state index contributed by atoms with van der Waals surface area (Å²) in [4.78, 5) is 10.9. The first-order valence-corrected chi connectivity index (χ1v) is 8.53. The number of carbonyl (C=O) groups is 1. The minimum Gasteiger partial charge on any atom is -0.490 e. The monoisotopic (exact) mass is 336 g/mol. The van der Waals surface area contributed by atoms with Gasteiger partial charge in [0.2, 0.25) is 0 Å². The predicted molar refractivity (Wildman–Crippen MR) is 97.0 cm³/mol. The van der Waals surface area contributed by atoms with Crippen molar-refractivity contribution in [1.82, 2.24) is 0 Å². The summed E-state index contributed by atoms with van der Waals surface area (Å²) in [6.45, 7) is 14.6. The molecule has 0 aliphatic heterocycles. The van der Waals surface area contributed by atoms with Crippen LogP contribution in [0.3, 0.4) is 0 Å². The molecule has 0 aromatic heterocycles. The van der Waals surface area contributed by atoms with Crippen molar-refractivity contribution >= 4 is 5.97 Å². The molecule has 0 saturated heterocycles. The van der Waals surface area contributed by atoms with Gasteiger partial charge < -0.3 is 14.9 Å². The molecule has 0 spiro atoms. The first-order chi connectivity index (χ1) is 10.8. The second-order valence-electron chi connectivity index (χ2n) is 8.57. The van der Waals surface area contributed by atoms with Crippen LogP contribution in [0.25, 0.3) is 0 Å². The highest BCUT2D eigenvalue weighted by molar-refractivity contribution is 5.67. The molecule has 0 amide bonds. The van der Waals surface area contributed by atoms with Crippen LogP contribution < -0.4 is 4.74 Å². The second kappa shape index (κ2) is 7.56. The molecular weight excluding hydrogens is 304 g/mol. The van der Waals surface area contributed by atoms with Gasteiger partial charge in [-0.2, -0.15) is 0 Å². The standard InChI is InChI=1S/C20H32O4/c1-13(21)12-24-18-15(19(2,3)4)10-14(8-9-17(22)23)11-16(18)20(5,6)7/h10-11,13,21H,8-9,12H2,1-7H3,(H,22,23). The van der Waals surface area contributed by atoms with Crippen LogP contribution in [0.1, 0.15) is 71.6 Å². The van der Waals surface area contributed by atoms with Crippen molar-refractivity contribution < 1.29 is 19.7 Å². The molecule has 4 nitrogen and oxygen atoms in total. The summed E-state index contributed by atoms with van der Waals surface area (Å²) in [6.07, 6.45) is 0.0662. The Balaban J connectivity index is 3.48. The topological polar surface area (TPSA) is 66.8 Å². The molecule has 0 aliphatic rings. The molecule has 24 heavy (non-hydrogen) atoms. The number of carboxylic acid groups (broad SMARTS) is 1. The Labute approximate surface area is 145 Å². The fourth-order valence-corrected chi connectivity index (χ4v) is 2.56. The van der Waals surface area contributed by atoms with E-state index in [1.165, 1.54) is 0 Å². The van der Waals surface area contributed by atoms with Crippen molar-refractivity contribution in [2.75, 3.05) is 6.61 Å².